The molecule has 1 heterocycles. The van der Waals surface area contributed by atoms with Crippen molar-refractivity contribution in [3.8, 4) is 33.4 Å². The summed E-state index contributed by atoms with van der Waals surface area (Å²) in [6.07, 6.45) is 0. The number of hydrogen-bond donors (Lipinski definition) is 0. The van der Waals surface area contributed by atoms with E-state index in [1.807, 2.05) is 0 Å². The minimum atomic E-state index is -0.135. The first kappa shape index (κ1) is 35.5. The Kier molecular flexibility index (Phi) is 7.68. The molecule has 2 aliphatic carbocycles. The normalized spacial score (nSPS) is 14.8. The van der Waals surface area contributed by atoms with Crippen molar-refractivity contribution >= 4 is 39.0 Å². The monoisotopic (exact) mass is 741 g/mol. The van der Waals surface area contributed by atoms with Crippen LogP contribution >= 0.6 is 0 Å². The Bertz CT molecular complexity index is 2910. The van der Waals surface area contributed by atoms with Gasteiger partial charge in [-0.15, -0.1) is 0 Å². The third-order valence-electron chi connectivity index (χ3n) is 13.2. The first-order chi connectivity index (χ1) is 27.2. The molecule has 7 aromatic carbocycles. The molecule has 57 heavy (non-hydrogen) atoms. The van der Waals surface area contributed by atoms with Crippen molar-refractivity contribution in [2.24, 2.45) is 0 Å². The number of anilines is 3. The molecule has 0 unspecified atom stereocenters. The molecule has 1 aromatic heterocycles. The van der Waals surface area contributed by atoms with Crippen LogP contribution in [-0.2, 0) is 16.2 Å². The molecule has 2 nitrogen and oxygen atoms in total. The van der Waals surface area contributed by atoms with Crippen LogP contribution in [0.4, 0.5) is 17.1 Å². The topological polar surface area (TPSA) is 16.4 Å². The van der Waals surface area contributed by atoms with E-state index < -0.39 is 0 Å². The Labute approximate surface area is 337 Å². The Morgan fingerprint density at radius 1 is 0.491 bits per heavy atom. The molecule has 0 atom stereocenters. The minimum Gasteiger partial charge on any atom is -0.456 e. The lowest BCUT2D eigenvalue weighted by molar-refractivity contribution is 0.584. The number of rotatable bonds is 5. The minimum absolute atomic E-state index is 0.0874. The maximum Gasteiger partial charge on any atom is 0.138 e. The van der Waals surface area contributed by atoms with Crippen LogP contribution in [0.25, 0.3) is 55.3 Å². The van der Waals surface area contributed by atoms with Gasteiger partial charge in [0, 0.05) is 38.7 Å². The van der Waals surface area contributed by atoms with Crippen molar-refractivity contribution in [3.63, 3.8) is 0 Å². The molecule has 0 aliphatic heterocycles. The van der Waals surface area contributed by atoms with Gasteiger partial charge in [-0.25, -0.2) is 0 Å². The summed E-state index contributed by atoms with van der Waals surface area (Å²) in [6, 6.07) is 52.5. The van der Waals surface area contributed by atoms with Crippen molar-refractivity contribution in [1.29, 1.82) is 0 Å². The zero-order valence-electron chi connectivity index (χ0n) is 34.7. The highest BCUT2D eigenvalue weighted by Crippen LogP contribution is 2.53. The van der Waals surface area contributed by atoms with Crippen LogP contribution in [0.1, 0.15) is 102 Å². The van der Waals surface area contributed by atoms with Crippen LogP contribution in [0.15, 0.2) is 144 Å². The fourth-order valence-corrected chi connectivity index (χ4v) is 9.87. The molecule has 282 valence electrons. The van der Waals surface area contributed by atoms with Crippen molar-refractivity contribution in [2.75, 3.05) is 4.90 Å². The van der Waals surface area contributed by atoms with Gasteiger partial charge in [0.1, 0.15) is 11.2 Å². The number of fused-ring (bicyclic) bond motifs is 9. The standard InChI is InChI=1S/C55H51NO/c1-33(2)40-14-12-15-46-45-25-19-35(29-51(45)57-52(40)46)34-17-21-37(22-18-34)56(38-23-27-43-41-13-10-11-16-47(41)54(6,7)49(43)31-38)39-24-28-44-42-26-20-36(53(3,4)5)30-48(42)55(8,9)50(44)32-39/h10-33H,1-9H3. The summed E-state index contributed by atoms with van der Waals surface area (Å²) in [5.41, 5.74) is 21.1. The molecule has 0 saturated heterocycles. The van der Waals surface area contributed by atoms with Crippen LogP contribution in [0.3, 0.4) is 0 Å². The first-order valence-corrected chi connectivity index (χ1v) is 20.6. The summed E-state index contributed by atoms with van der Waals surface area (Å²) in [6.45, 7) is 20.9. The molecule has 0 spiro atoms. The third-order valence-corrected chi connectivity index (χ3v) is 13.2. The molecule has 0 radical (unpaired) electrons. The van der Waals surface area contributed by atoms with Gasteiger partial charge in [0.05, 0.1) is 0 Å². The van der Waals surface area contributed by atoms with Gasteiger partial charge in [-0.05, 0) is 127 Å². The number of benzene rings is 7. The summed E-state index contributed by atoms with van der Waals surface area (Å²) in [7, 11) is 0. The Morgan fingerprint density at radius 3 is 1.70 bits per heavy atom. The van der Waals surface area contributed by atoms with Crippen molar-refractivity contribution < 1.29 is 4.42 Å². The Balaban J connectivity index is 1.09. The summed E-state index contributed by atoms with van der Waals surface area (Å²) < 4.78 is 6.55. The van der Waals surface area contributed by atoms with E-state index in [2.05, 4.69) is 207 Å². The van der Waals surface area contributed by atoms with Gasteiger partial charge in [0.2, 0.25) is 0 Å². The Hall–Kier alpha value is -5.86. The second-order valence-corrected chi connectivity index (χ2v) is 18.8. The molecular formula is C55H51NO. The molecule has 0 bridgehead atoms. The smallest absolute Gasteiger partial charge is 0.138 e. The van der Waals surface area contributed by atoms with Gasteiger partial charge in [-0.2, -0.15) is 0 Å². The maximum atomic E-state index is 6.55. The molecule has 10 rings (SSSR count). The van der Waals surface area contributed by atoms with E-state index in [1.165, 1.54) is 61.0 Å². The molecule has 8 aromatic rings. The number of nitrogens with zero attached hydrogens (tertiary/aromatic N) is 1. The van der Waals surface area contributed by atoms with Crippen LogP contribution in [0, 0.1) is 0 Å². The highest BCUT2D eigenvalue weighted by molar-refractivity contribution is 6.07. The number of furan rings is 1. The SMILES string of the molecule is CC(C)c1cccc2c1oc1cc(-c3ccc(N(c4ccc5c(c4)C(C)(C)c4ccccc4-5)c4ccc5c(c4)C(C)(C)c4cc(C(C)(C)C)ccc4-5)cc3)ccc12. The Morgan fingerprint density at radius 2 is 1.05 bits per heavy atom. The summed E-state index contributed by atoms with van der Waals surface area (Å²) in [4.78, 5) is 2.46. The lowest BCUT2D eigenvalue weighted by Crippen LogP contribution is -2.19. The molecule has 0 fully saturated rings. The number of para-hydroxylation sites is 1. The molecule has 2 aliphatic rings. The summed E-state index contributed by atoms with van der Waals surface area (Å²) in [5, 5.41) is 2.35. The van der Waals surface area contributed by atoms with Crippen LogP contribution < -0.4 is 4.90 Å². The highest BCUT2D eigenvalue weighted by atomic mass is 16.3. The fourth-order valence-electron chi connectivity index (χ4n) is 9.87. The second-order valence-electron chi connectivity index (χ2n) is 18.8. The predicted octanol–water partition coefficient (Wildman–Crippen LogP) is 15.8. The van der Waals surface area contributed by atoms with Gasteiger partial charge < -0.3 is 9.32 Å². The zero-order chi connectivity index (χ0) is 39.6. The van der Waals surface area contributed by atoms with Gasteiger partial charge in [-0.3, -0.25) is 0 Å². The highest BCUT2D eigenvalue weighted by Gasteiger charge is 2.38. The fraction of sp³-hybridized carbons (Fsp3) is 0.236. The van der Waals surface area contributed by atoms with E-state index in [4.69, 9.17) is 4.42 Å². The van der Waals surface area contributed by atoms with Gasteiger partial charge >= 0.3 is 0 Å². The predicted molar refractivity (Wildman–Crippen MR) is 242 cm³/mol. The third kappa shape index (κ3) is 5.37. The molecule has 0 N–H and O–H groups in total. The second kappa shape index (κ2) is 12.3. The van der Waals surface area contributed by atoms with Crippen molar-refractivity contribution in [3.05, 3.63) is 173 Å². The van der Waals surface area contributed by atoms with Gasteiger partial charge in [0.15, 0.2) is 0 Å². The van der Waals surface area contributed by atoms with Crippen molar-refractivity contribution in [1.82, 2.24) is 0 Å². The van der Waals surface area contributed by atoms with Gasteiger partial charge in [-0.1, -0.05) is 153 Å². The van der Waals surface area contributed by atoms with E-state index in [9.17, 15) is 0 Å². The quantitative estimate of drug-likeness (QED) is 0.175. The molecule has 0 saturated carbocycles. The van der Waals surface area contributed by atoms with E-state index in [1.54, 1.807) is 0 Å². The largest absolute Gasteiger partial charge is 0.456 e. The average molecular weight is 742 g/mol. The van der Waals surface area contributed by atoms with E-state index in [-0.39, 0.29) is 16.2 Å². The lowest BCUT2D eigenvalue weighted by atomic mass is 9.79. The zero-order valence-corrected chi connectivity index (χ0v) is 34.7. The van der Waals surface area contributed by atoms with Crippen LogP contribution in [-0.4, -0.2) is 0 Å². The maximum absolute atomic E-state index is 6.55. The van der Waals surface area contributed by atoms with Crippen LogP contribution in [0.5, 0.6) is 0 Å². The van der Waals surface area contributed by atoms with Crippen molar-refractivity contribution in [2.45, 2.75) is 84.5 Å². The van der Waals surface area contributed by atoms with Crippen LogP contribution in [0.2, 0.25) is 0 Å². The molecule has 2 heteroatoms. The molecule has 0 amide bonds. The van der Waals surface area contributed by atoms with E-state index in [0.29, 0.717) is 5.92 Å². The number of hydrogen-bond acceptors (Lipinski definition) is 2. The van der Waals surface area contributed by atoms with E-state index in [0.717, 1.165) is 44.7 Å². The summed E-state index contributed by atoms with van der Waals surface area (Å²) in [5.74, 6) is 0.393. The lowest BCUT2D eigenvalue weighted by Gasteiger charge is -2.30. The average Bonchev–Trinajstić information content (AvgIpc) is 3.77. The van der Waals surface area contributed by atoms with Gasteiger partial charge in [0.25, 0.3) is 0 Å². The summed E-state index contributed by atoms with van der Waals surface area (Å²) >= 11 is 0. The molecular weight excluding hydrogens is 691 g/mol. The van der Waals surface area contributed by atoms with E-state index >= 15 is 0 Å². The first-order valence-electron chi connectivity index (χ1n) is 20.6.